The van der Waals surface area contributed by atoms with Crippen LogP contribution in [0, 0.1) is 0 Å². The van der Waals surface area contributed by atoms with Crippen LogP contribution in [-0.2, 0) is 27.2 Å². The van der Waals surface area contributed by atoms with Crippen molar-refractivity contribution in [2.24, 2.45) is 10.2 Å². The summed E-state index contributed by atoms with van der Waals surface area (Å²) in [5.74, 6) is -0.174. The lowest BCUT2D eigenvalue weighted by Gasteiger charge is -2.19. The molecular formula is C24H31N7O6. The molecule has 1 fully saturated rings. The number of aromatic nitrogens is 4. The van der Waals surface area contributed by atoms with Crippen molar-refractivity contribution in [1.29, 1.82) is 0 Å². The van der Waals surface area contributed by atoms with Crippen LogP contribution < -0.4 is 5.73 Å². The van der Waals surface area contributed by atoms with Crippen LogP contribution in [0.25, 0.3) is 11.2 Å². The van der Waals surface area contributed by atoms with Crippen LogP contribution in [0.1, 0.15) is 44.5 Å². The normalized spacial score (nSPS) is 22.2. The molecule has 1 aliphatic heterocycles. The molecular weight excluding hydrogens is 482 g/mol. The Morgan fingerprint density at radius 2 is 1.86 bits per heavy atom. The third-order valence-electron chi connectivity index (χ3n) is 5.70. The van der Waals surface area contributed by atoms with E-state index < -0.39 is 36.7 Å². The first kappa shape index (κ1) is 26.5. The van der Waals surface area contributed by atoms with E-state index in [0.29, 0.717) is 12.8 Å². The highest BCUT2D eigenvalue weighted by molar-refractivity contribution is 5.82. The first-order chi connectivity index (χ1) is 17.6. The molecule has 1 unspecified atom stereocenters. The molecule has 0 radical (unpaired) electrons. The minimum absolute atomic E-state index is 0.00697. The second-order valence-corrected chi connectivity index (χ2v) is 9.76. The summed E-state index contributed by atoms with van der Waals surface area (Å²) in [5, 5.41) is 38.0. The summed E-state index contributed by atoms with van der Waals surface area (Å²) in [7, 11) is 0. The molecule has 2 aromatic heterocycles. The Bertz CT molecular complexity index is 1270. The molecule has 3 aromatic rings. The van der Waals surface area contributed by atoms with Crippen LogP contribution in [0.4, 0.5) is 11.8 Å². The summed E-state index contributed by atoms with van der Waals surface area (Å²) < 4.78 is 12.3. The second-order valence-electron chi connectivity index (χ2n) is 9.76. The molecule has 0 bridgehead atoms. The van der Waals surface area contributed by atoms with Gasteiger partial charge in [0.15, 0.2) is 17.7 Å². The van der Waals surface area contributed by atoms with Crippen molar-refractivity contribution < 1.29 is 29.6 Å². The van der Waals surface area contributed by atoms with Gasteiger partial charge in [0.2, 0.25) is 0 Å². The number of benzene rings is 1. The number of nitrogens with two attached hydrogens (primary N) is 1. The fourth-order valence-corrected chi connectivity index (χ4v) is 3.90. The highest BCUT2D eigenvalue weighted by atomic mass is 16.6. The molecule has 0 aliphatic carbocycles. The first-order valence-electron chi connectivity index (χ1n) is 11.9. The van der Waals surface area contributed by atoms with Gasteiger partial charge in [-0.25, -0.2) is 4.98 Å². The van der Waals surface area contributed by atoms with Crippen molar-refractivity contribution in [3.63, 3.8) is 0 Å². The summed E-state index contributed by atoms with van der Waals surface area (Å²) in [6.45, 7) is 5.33. The number of fused-ring (bicyclic) bond motifs is 1. The van der Waals surface area contributed by atoms with Crippen molar-refractivity contribution >= 4 is 28.9 Å². The van der Waals surface area contributed by atoms with E-state index in [9.17, 15) is 20.1 Å². The van der Waals surface area contributed by atoms with Crippen LogP contribution in [0.3, 0.4) is 0 Å². The number of azo groups is 1. The molecule has 0 amide bonds. The average Bonchev–Trinajstić information content (AvgIpc) is 3.38. The molecule has 5 N–H and O–H groups in total. The van der Waals surface area contributed by atoms with E-state index in [1.54, 1.807) is 0 Å². The highest BCUT2D eigenvalue weighted by Gasteiger charge is 2.44. The summed E-state index contributed by atoms with van der Waals surface area (Å²) in [6, 6.07) is 7.65. The Balaban J connectivity index is 1.41. The third kappa shape index (κ3) is 6.25. The molecule has 1 aromatic carbocycles. The van der Waals surface area contributed by atoms with Gasteiger partial charge in [-0.1, -0.05) is 24.3 Å². The highest BCUT2D eigenvalue weighted by Crippen LogP contribution is 2.32. The topological polar surface area (TPSA) is 191 Å². The van der Waals surface area contributed by atoms with Crippen molar-refractivity contribution in [1.82, 2.24) is 19.5 Å². The molecule has 13 heteroatoms. The van der Waals surface area contributed by atoms with Crippen LogP contribution in [0.5, 0.6) is 0 Å². The zero-order valence-corrected chi connectivity index (χ0v) is 20.9. The standard InChI is InChI=1S/C24H31N7O6/c1-24(2,3)37-16(33)9-8-13-4-6-14(7-5-13)10-27-30-23-28-20(25)17-21(29-23)31(12-26-17)22-19(35)18(34)15(11-32)36-22/h4-7,12,15,18-19,22,32,34-35H,8-11H2,1-3H3,(H2,25,28,29)/t15-,18-,19-,22?/m1/s1. The molecule has 198 valence electrons. The molecule has 1 saturated heterocycles. The number of hydrogen-bond donors (Lipinski definition) is 4. The van der Waals surface area contributed by atoms with E-state index in [4.69, 9.17) is 15.2 Å². The Morgan fingerprint density at radius 3 is 2.51 bits per heavy atom. The summed E-state index contributed by atoms with van der Waals surface area (Å²) in [4.78, 5) is 24.5. The van der Waals surface area contributed by atoms with Gasteiger partial charge in [0.05, 0.1) is 19.5 Å². The number of ether oxygens (including phenoxy) is 2. The molecule has 4 rings (SSSR count). The van der Waals surface area contributed by atoms with Gasteiger partial charge in [-0.3, -0.25) is 9.36 Å². The number of rotatable bonds is 8. The number of imidazole rings is 1. The van der Waals surface area contributed by atoms with Crippen LogP contribution in [0.15, 0.2) is 40.8 Å². The lowest BCUT2D eigenvalue weighted by atomic mass is 10.1. The van der Waals surface area contributed by atoms with Gasteiger partial charge >= 0.3 is 5.97 Å². The molecule has 4 atom stereocenters. The minimum atomic E-state index is -1.30. The predicted molar refractivity (Wildman–Crippen MR) is 132 cm³/mol. The van der Waals surface area contributed by atoms with E-state index in [-0.39, 0.29) is 35.4 Å². The smallest absolute Gasteiger partial charge is 0.306 e. The second kappa shape index (κ2) is 10.8. The number of hydrogen-bond acceptors (Lipinski definition) is 12. The number of aryl methyl sites for hydroxylation is 1. The largest absolute Gasteiger partial charge is 0.460 e. The monoisotopic (exact) mass is 513 g/mol. The Kier molecular flexibility index (Phi) is 7.78. The number of anilines is 1. The van der Waals surface area contributed by atoms with Crippen molar-refractivity contribution in [3.05, 3.63) is 41.7 Å². The number of carbonyl (C=O) groups excluding carboxylic acids is 1. The molecule has 3 heterocycles. The number of esters is 1. The van der Waals surface area contributed by atoms with Gasteiger partial charge in [-0.2, -0.15) is 15.1 Å². The molecule has 13 nitrogen and oxygen atoms in total. The fourth-order valence-electron chi connectivity index (χ4n) is 3.90. The molecule has 1 aliphatic rings. The van der Waals surface area contributed by atoms with E-state index in [0.717, 1.165) is 11.1 Å². The maximum atomic E-state index is 11.9. The summed E-state index contributed by atoms with van der Waals surface area (Å²) in [5.41, 5.74) is 7.94. The summed E-state index contributed by atoms with van der Waals surface area (Å²) in [6.07, 6.45) is -2.30. The van der Waals surface area contributed by atoms with Crippen LogP contribution >= 0.6 is 0 Å². The van der Waals surface area contributed by atoms with E-state index in [2.05, 4.69) is 25.2 Å². The predicted octanol–water partition coefficient (Wildman–Crippen LogP) is 1.58. The quantitative estimate of drug-likeness (QED) is 0.254. The molecule has 0 saturated carbocycles. The molecule has 0 spiro atoms. The van der Waals surface area contributed by atoms with Gasteiger partial charge in [0, 0.05) is 6.42 Å². The number of carbonyl (C=O) groups is 1. The van der Waals surface area contributed by atoms with E-state index >= 15 is 0 Å². The number of aliphatic hydroxyl groups excluding tert-OH is 3. The van der Waals surface area contributed by atoms with Gasteiger partial charge in [0.25, 0.3) is 5.95 Å². The Labute approximate surface area is 213 Å². The Morgan fingerprint density at radius 1 is 1.16 bits per heavy atom. The van der Waals surface area contributed by atoms with E-state index in [1.807, 2.05) is 45.0 Å². The number of nitrogens with zero attached hydrogens (tertiary/aromatic N) is 6. The Hall–Kier alpha value is -3.52. The van der Waals surface area contributed by atoms with Gasteiger partial charge in [0.1, 0.15) is 29.4 Å². The third-order valence-corrected chi connectivity index (χ3v) is 5.70. The zero-order valence-electron chi connectivity index (χ0n) is 20.9. The lowest BCUT2D eigenvalue weighted by Crippen LogP contribution is -2.33. The maximum Gasteiger partial charge on any atom is 0.306 e. The first-order valence-corrected chi connectivity index (χ1v) is 11.9. The van der Waals surface area contributed by atoms with Gasteiger partial charge < -0.3 is 30.5 Å². The van der Waals surface area contributed by atoms with Crippen LogP contribution in [-0.4, -0.2) is 71.3 Å². The van der Waals surface area contributed by atoms with E-state index in [1.165, 1.54) is 10.9 Å². The molecule has 37 heavy (non-hydrogen) atoms. The van der Waals surface area contributed by atoms with Crippen molar-refractivity contribution in [2.45, 2.75) is 70.3 Å². The minimum Gasteiger partial charge on any atom is -0.460 e. The lowest BCUT2D eigenvalue weighted by molar-refractivity contribution is -0.154. The van der Waals surface area contributed by atoms with Crippen molar-refractivity contribution in [3.8, 4) is 0 Å². The SMILES string of the molecule is CC(C)(C)OC(=O)CCc1ccc(CN=Nc2nc(N)c3ncn(C4O[C@H](CO)[C@@H](O)[C@H]4O)c3n2)cc1. The zero-order chi connectivity index (χ0) is 26.7. The number of aliphatic hydroxyl groups is 3. The van der Waals surface area contributed by atoms with Gasteiger partial charge in [-0.05, 0) is 38.3 Å². The average molecular weight is 514 g/mol. The maximum absolute atomic E-state index is 11.9. The summed E-state index contributed by atoms with van der Waals surface area (Å²) >= 11 is 0. The fraction of sp³-hybridized carbons (Fsp3) is 0.500. The van der Waals surface area contributed by atoms with Crippen LogP contribution in [0.2, 0.25) is 0 Å². The van der Waals surface area contributed by atoms with Gasteiger partial charge in [-0.15, -0.1) is 5.11 Å². The number of nitrogen functional groups attached to an aromatic ring is 1. The van der Waals surface area contributed by atoms with Crippen molar-refractivity contribution in [2.75, 3.05) is 12.3 Å².